The van der Waals surface area contributed by atoms with Gasteiger partial charge in [-0.05, 0) is 13.3 Å². The highest BCUT2D eigenvalue weighted by molar-refractivity contribution is 8.05. The number of aromatic nitrogens is 2. The Labute approximate surface area is 174 Å². The highest BCUT2D eigenvalue weighted by Gasteiger charge is 2.55. The molecule has 0 aliphatic carbocycles. The number of hydrogen-bond donors (Lipinski definition) is 1. The number of nitrogens with one attached hydrogen (secondary N) is 1. The molecule has 0 saturated heterocycles. The van der Waals surface area contributed by atoms with Crippen LogP contribution in [-0.2, 0) is 36.1 Å². The molecule has 0 aliphatic heterocycles. The highest BCUT2D eigenvalue weighted by Crippen LogP contribution is 2.27. The van der Waals surface area contributed by atoms with Crippen molar-refractivity contribution in [2.24, 2.45) is 0 Å². The molecule has 0 fully saturated rings. The number of carbonyl (C=O) groups is 1. The summed E-state index contributed by atoms with van der Waals surface area (Å²) in [6.07, 6.45) is 6.67. The van der Waals surface area contributed by atoms with E-state index < -0.39 is 41.2 Å². The van der Waals surface area contributed by atoms with Crippen LogP contribution in [0.25, 0.3) is 0 Å². The van der Waals surface area contributed by atoms with E-state index in [0.717, 1.165) is 31.3 Å². The zero-order valence-electron chi connectivity index (χ0n) is 16.1. The van der Waals surface area contributed by atoms with Gasteiger partial charge in [0.25, 0.3) is 0 Å². The van der Waals surface area contributed by atoms with Crippen LogP contribution >= 0.6 is 0 Å². The minimum absolute atomic E-state index is 0.336. The van der Waals surface area contributed by atoms with Gasteiger partial charge in [0.15, 0.2) is 6.10 Å². The summed E-state index contributed by atoms with van der Waals surface area (Å²) in [6.45, 7) is 8.22. The predicted octanol–water partition coefficient (Wildman–Crippen LogP) is 2.75. The van der Waals surface area contributed by atoms with Crippen molar-refractivity contribution in [3.05, 3.63) is 30.9 Å². The number of imidazole rings is 1. The molecule has 1 aromatic rings. The maximum absolute atomic E-state index is 11.5. The number of nitrogens with zero attached hydrogens (tertiary/aromatic N) is 2. The van der Waals surface area contributed by atoms with E-state index in [2.05, 4.69) is 18.5 Å². The van der Waals surface area contributed by atoms with Gasteiger partial charge in [0.05, 0.1) is 0 Å². The SMILES string of the molecule is C=CC(=O)OC(C)c1nccn1CCCC.O=S(=O)(NS(=O)(=O)C(F)(F)F)C(F)(F)F. The summed E-state index contributed by atoms with van der Waals surface area (Å²) < 4.78 is 115. The van der Waals surface area contributed by atoms with Crippen LogP contribution < -0.4 is 4.13 Å². The lowest BCUT2D eigenvalue weighted by Gasteiger charge is -2.13. The molecule has 0 aromatic carbocycles. The molecule has 1 aromatic heterocycles. The van der Waals surface area contributed by atoms with Gasteiger partial charge in [-0.25, -0.2) is 26.6 Å². The van der Waals surface area contributed by atoms with Crippen LogP contribution in [0.4, 0.5) is 26.3 Å². The summed E-state index contributed by atoms with van der Waals surface area (Å²) in [4.78, 5) is 15.3. The number of halogens is 6. The molecule has 1 rings (SSSR count). The van der Waals surface area contributed by atoms with Gasteiger partial charge in [-0.15, -0.1) is 0 Å². The third-order valence-corrected chi connectivity index (χ3v) is 6.13. The summed E-state index contributed by atoms with van der Waals surface area (Å²) in [5, 5.41) is 0. The van der Waals surface area contributed by atoms with Gasteiger partial charge in [-0.1, -0.05) is 24.1 Å². The molecule has 0 saturated carbocycles. The third kappa shape index (κ3) is 8.86. The molecule has 17 heteroatoms. The molecule has 0 spiro atoms. The fourth-order valence-electron chi connectivity index (χ4n) is 1.71. The normalized spacial score (nSPS) is 13.7. The van der Waals surface area contributed by atoms with Crippen LogP contribution in [0, 0.1) is 0 Å². The number of hydrogen-bond acceptors (Lipinski definition) is 7. The topological polar surface area (TPSA) is 124 Å². The molecule has 31 heavy (non-hydrogen) atoms. The number of carbonyl (C=O) groups excluding carboxylic acids is 1. The van der Waals surface area contributed by atoms with Crippen LogP contribution in [-0.4, -0.2) is 43.4 Å². The van der Waals surface area contributed by atoms with Crippen LogP contribution in [0.5, 0.6) is 0 Å². The molecule has 1 atom stereocenters. The predicted molar refractivity (Wildman–Crippen MR) is 94.9 cm³/mol. The molecule has 180 valence electrons. The van der Waals surface area contributed by atoms with Crippen molar-refractivity contribution in [1.82, 2.24) is 13.7 Å². The van der Waals surface area contributed by atoms with E-state index in [1.807, 2.05) is 17.7 Å². The lowest BCUT2D eigenvalue weighted by atomic mass is 10.3. The summed E-state index contributed by atoms with van der Waals surface area (Å²) >= 11 is 0. The zero-order valence-corrected chi connectivity index (χ0v) is 17.7. The standard InChI is InChI=1S/C12H18N2O2.C2HF6NO4S2/c1-4-6-8-14-9-7-13-12(14)10(3)16-11(15)5-2;3-1(4,5)14(10,11)9-15(12,13)2(6,7)8/h5,7,9-10H,2,4,6,8H2,1,3H3;9H. The first-order valence-corrected chi connectivity index (χ1v) is 11.1. The van der Waals surface area contributed by atoms with E-state index in [9.17, 15) is 48.0 Å². The second kappa shape index (κ2) is 10.9. The van der Waals surface area contributed by atoms with Crippen molar-refractivity contribution in [2.75, 3.05) is 0 Å². The van der Waals surface area contributed by atoms with Crippen LogP contribution in [0.1, 0.15) is 38.6 Å². The Morgan fingerprint density at radius 3 is 2.06 bits per heavy atom. The average Bonchev–Trinajstić information content (AvgIpc) is 3.06. The summed E-state index contributed by atoms with van der Waals surface area (Å²) in [5.74, 6) is 0.362. The van der Waals surface area contributed by atoms with E-state index in [-0.39, 0.29) is 6.10 Å². The largest absolute Gasteiger partial charge is 0.512 e. The second-order valence-corrected chi connectivity index (χ2v) is 9.20. The van der Waals surface area contributed by atoms with E-state index in [0.29, 0.717) is 0 Å². The van der Waals surface area contributed by atoms with E-state index in [1.165, 1.54) is 0 Å². The van der Waals surface area contributed by atoms with Gasteiger partial charge in [-0.3, -0.25) is 0 Å². The van der Waals surface area contributed by atoms with Crippen molar-refractivity contribution in [1.29, 1.82) is 0 Å². The smallest absolute Gasteiger partial charge is 0.451 e. The van der Waals surface area contributed by atoms with Gasteiger partial charge >= 0.3 is 37.0 Å². The fraction of sp³-hybridized carbons (Fsp3) is 0.571. The Balaban J connectivity index is 0.000000582. The van der Waals surface area contributed by atoms with Gasteiger partial charge < -0.3 is 9.30 Å². The molecular weight excluding hydrogens is 484 g/mol. The maximum Gasteiger partial charge on any atom is 0.512 e. The molecule has 0 bridgehead atoms. The van der Waals surface area contributed by atoms with Crippen molar-refractivity contribution < 1.29 is 52.7 Å². The first-order chi connectivity index (χ1) is 13.9. The Morgan fingerprint density at radius 2 is 1.68 bits per heavy atom. The molecule has 1 unspecified atom stereocenters. The maximum atomic E-state index is 11.5. The van der Waals surface area contributed by atoms with Crippen molar-refractivity contribution in [2.45, 2.75) is 50.4 Å². The number of aryl methyl sites for hydroxylation is 1. The van der Waals surface area contributed by atoms with Crippen LogP contribution in [0.2, 0.25) is 0 Å². The number of esters is 1. The van der Waals surface area contributed by atoms with Crippen molar-refractivity contribution in [3.63, 3.8) is 0 Å². The Morgan fingerprint density at radius 1 is 1.19 bits per heavy atom. The minimum Gasteiger partial charge on any atom is -0.451 e. The summed E-state index contributed by atoms with van der Waals surface area (Å²) in [7, 11) is -13.2. The number of rotatable bonds is 8. The molecule has 1 N–H and O–H groups in total. The van der Waals surface area contributed by atoms with E-state index >= 15 is 0 Å². The lowest BCUT2D eigenvalue weighted by Crippen LogP contribution is -2.45. The van der Waals surface area contributed by atoms with Crippen molar-refractivity contribution in [3.8, 4) is 0 Å². The molecule has 1 heterocycles. The van der Waals surface area contributed by atoms with Gasteiger partial charge in [0.1, 0.15) is 5.82 Å². The third-order valence-electron chi connectivity index (χ3n) is 3.15. The Kier molecular flexibility index (Phi) is 10.2. The van der Waals surface area contributed by atoms with E-state index in [1.54, 1.807) is 6.20 Å². The first-order valence-electron chi connectivity index (χ1n) is 8.14. The lowest BCUT2D eigenvalue weighted by molar-refractivity contribution is -0.142. The summed E-state index contributed by atoms with van der Waals surface area (Å²) in [6, 6.07) is 0. The van der Waals surface area contributed by atoms with Crippen molar-refractivity contribution >= 4 is 26.0 Å². The second-order valence-electron chi connectivity index (χ2n) is 5.60. The van der Waals surface area contributed by atoms with E-state index in [4.69, 9.17) is 4.74 Å². The molecule has 0 radical (unpaired) electrons. The molecule has 0 aliphatic rings. The van der Waals surface area contributed by atoms with Gasteiger partial charge in [0.2, 0.25) is 0 Å². The summed E-state index contributed by atoms with van der Waals surface area (Å²) in [5.41, 5.74) is -12.3. The molecular formula is C14H19F6N3O6S2. The Bertz CT molecular complexity index is 912. The minimum atomic E-state index is -6.60. The monoisotopic (exact) mass is 503 g/mol. The number of ether oxygens (including phenoxy) is 1. The molecule has 9 nitrogen and oxygen atoms in total. The average molecular weight is 503 g/mol. The zero-order chi connectivity index (χ0) is 24.7. The number of sulfonamides is 2. The van der Waals surface area contributed by atoms with Gasteiger partial charge in [-0.2, -0.15) is 26.3 Å². The Hall–Kier alpha value is -2.14. The van der Waals surface area contributed by atoms with Crippen LogP contribution in [0.3, 0.4) is 0 Å². The highest BCUT2D eigenvalue weighted by atomic mass is 32.3. The fourth-order valence-corrected chi connectivity index (χ4v) is 3.62. The number of unbranched alkanes of at least 4 members (excludes halogenated alkanes) is 1. The number of alkyl halides is 6. The first kappa shape index (κ1) is 28.9. The van der Waals surface area contributed by atoms with Crippen LogP contribution in [0.15, 0.2) is 25.0 Å². The molecule has 0 amide bonds. The van der Waals surface area contributed by atoms with Gasteiger partial charge in [0, 0.05) is 25.0 Å². The quantitative estimate of drug-likeness (QED) is 0.329.